The van der Waals surface area contributed by atoms with E-state index in [4.69, 9.17) is 14.5 Å². The molecule has 40 heavy (non-hydrogen) atoms. The van der Waals surface area contributed by atoms with E-state index in [0.29, 0.717) is 24.5 Å². The molecule has 2 aliphatic rings. The van der Waals surface area contributed by atoms with E-state index in [1.54, 1.807) is 12.0 Å². The van der Waals surface area contributed by atoms with Gasteiger partial charge >= 0.3 is 0 Å². The third-order valence-electron chi connectivity index (χ3n) is 7.30. The van der Waals surface area contributed by atoms with Crippen molar-refractivity contribution in [3.8, 4) is 5.75 Å². The first-order valence-electron chi connectivity index (χ1n) is 13.2. The number of anilines is 1. The van der Waals surface area contributed by atoms with E-state index in [1.165, 1.54) is 27.8 Å². The van der Waals surface area contributed by atoms with Crippen molar-refractivity contribution in [3.05, 3.63) is 48.3 Å². The molecule has 0 unspecified atom stereocenters. The summed E-state index contributed by atoms with van der Waals surface area (Å²) in [5.41, 5.74) is 0.807. The van der Waals surface area contributed by atoms with Crippen molar-refractivity contribution >= 4 is 55.0 Å². The topological polar surface area (TPSA) is 92.3 Å². The first-order chi connectivity index (χ1) is 18.8. The van der Waals surface area contributed by atoms with Crippen LogP contribution in [0.25, 0.3) is 10.2 Å². The molecule has 13 heteroatoms. The van der Waals surface area contributed by atoms with Crippen molar-refractivity contribution in [3.63, 3.8) is 0 Å². The summed E-state index contributed by atoms with van der Waals surface area (Å²) in [4.78, 5) is 22.8. The fourth-order valence-electron chi connectivity index (χ4n) is 5.03. The van der Waals surface area contributed by atoms with Crippen LogP contribution in [0.2, 0.25) is 0 Å². The van der Waals surface area contributed by atoms with Gasteiger partial charge in [-0.05, 0) is 61.7 Å². The molecular weight excluding hydrogens is 579 g/mol. The Morgan fingerprint density at radius 1 is 1.12 bits per heavy atom. The minimum Gasteiger partial charge on any atom is -0.497 e. The summed E-state index contributed by atoms with van der Waals surface area (Å²) in [6, 6.07) is 10.5. The summed E-state index contributed by atoms with van der Waals surface area (Å²) in [6.45, 7) is 5.07. The zero-order chi connectivity index (χ0) is 27.4. The van der Waals surface area contributed by atoms with Crippen LogP contribution in [0.3, 0.4) is 0 Å². The highest BCUT2D eigenvalue weighted by atomic mass is 35.5. The number of halogens is 2. The molecule has 0 N–H and O–H groups in total. The van der Waals surface area contributed by atoms with Crippen LogP contribution in [0.15, 0.2) is 47.4 Å². The maximum Gasteiger partial charge on any atom is 0.243 e. The third-order valence-corrected chi connectivity index (χ3v) is 10.2. The zero-order valence-corrected chi connectivity index (χ0v) is 24.8. The highest BCUT2D eigenvalue weighted by Gasteiger charge is 2.35. The second kappa shape index (κ2) is 13.5. The van der Waals surface area contributed by atoms with E-state index >= 15 is 0 Å². The number of morpholine rings is 1. The average Bonchev–Trinajstić information content (AvgIpc) is 3.39. The Morgan fingerprint density at radius 3 is 2.50 bits per heavy atom. The van der Waals surface area contributed by atoms with Gasteiger partial charge in [0, 0.05) is 45.2 Å². The number of nitrogens with zero attached hydrogens (tertiary/aromatic N) is 4. The van der Waals surface area contributed by atoms with Crippen molar-refractivity contribution in [2.75, 3.05) is 64.5 Å². The SMILES string of the molecule is COc1ccc2nc(N(CCCN3CCOCC3)C(=O)C3CCN(S(=O)(=O)c4ccc(F)cc4)CC3)sc2c1.Cl. The van der Waals surface area contributed by atoms with Gasteiger partial charge < -0.3 is 9.47 Å². The largest absolute Gasteiger partial charge is 0.497 e. The molecule has 0 atom stereocenters. The van der Waals surface area contributed by atoms with Crippen LogP contribution in [0.1, 0.15) is 19.3 Å². The van der Waals surface area contributed by atoms with Gasteiger partial charge in [-0.2, -0.15) is 4.31 Å². The van der Waals surface area contributed by atoms with Crippen LogP contribution >= 0.6 is 23.7 Å². The Balaban J connectivity index is 0.00000370. The highest BCUT2D eigenvalue weighted by Crippen LogP contribution is 2.34. The smallest absolute Gasteiger partial charge is 0.243 e. The number of ether oxygens (including phenoxy) is 2. The van der Waals surface area contributed by atoms with Gasteiger partial charge in [-0.25, -0.2) is 17.8 Å². The minimum absolute atomic E-state index is 0. The van der Waals surface area contributed by atoms with Crippen LogP contribution in [0.4, 0.5) is 9.52 Å². The number of hydrogen-bond donors (Lipinski definition) is 0. The molecule has 5 rings (SSSR count). The van der Waals surface area contributed by atoms with Crippen LogP contribution in [-0.4, -0.2) is 88.1 Å². The molecule has 2 aliphatic heterocycles. The van der Waals surface area contributed by atoms with Gasteiger partial charge in [0.1, 0.15) is 11.6 Å². The number of carbonyl (C=O) groups is 1. The van der Waals surface area contributed by atoms with Crippen molar-refractivity contribution in [2.45, 2.75) is 24.2 Å². The van der Waals surface area contributed by atoms with E-state index in [1.807, 2.05) is 18.2 Å². The van der Waals surface area contributed by atoms with Crippen LogP contribution in [-0.2, 0) is 19.6 Å². The molecule has 3 heterocycles. The lowest BCUT2D eigenvalue weighted by Gasteiger charge is -2.33. The molecule has 2 saturated heterocycles. The number of hydrogen-bond acceptors (Lipinski definition) is 8. The van der Waals surface area contributed by atoms with E-state index < -0.39 is 15.8 Å². The Morgan fingerprint density at radius 2 is 1.82 bits per heavy atom. The summed E-state index contributed by atoms with van der Waals surface area (Å²) in [7, 11) is -2.13. The fraction of sp³-hybridized carbons (Fsp3) is 0.481. The lowest BCUT2D eigenvalue weighted by atomic mass is 9.96. The van der Waals surface area contributed by atoms with Gasteiger partial charge in [-0.3, -0.25) is 14.6 Å². The number of aromatic nitrogens is 1. The maximum absolute atomic E-state index is 13.9. The normalized spacial score (nSPS) is 17.4. The Labute approximate surface area is 244 Å². The second-order valence-corrected chi connectivity index (χ2v) is 12.7. The fourth-order valence-corrected chi connectivity index (χ4v) is 7.53. The van der Waals surface area contributed by atoms with Gasteiger partial charge in [-0.1, -0.05) is 11.3 Å². The van der Waals surface area contributed by atoms with Gasteiger partial charge in [-0.15, -0.1) is 12.4 Å². The van der Waals surface area contributed by atoms with E-state index in [9.17, 15) is 17.6 Å². The maximum atomic E-state index is 13.9. The molecule has 9 nitrogen and oxygen atoms in total. The number of thiazole rings is 1. The number of fused-ring (bicyclic) bond motifs is 1. The van der Waals surface area contributed by atoms with Gasteiger partial charge in [0.05, 0.1) is 35.4 Å². The molecule has 1 aromatic heterocycles. The van der Waals surface area contributed by atoms with Crippen molar-refractivity contribution in [2.24, 2.45) is 5.92 Å². The molecule has 0 bridgehead atoms. The standard InChI is InChI=1S/C27H33FN4O5S2.ClH/c1-36-22-5-8-24-25(19-22)38-27(29-24)32(12-2-11-30-15-17-37-18-16-30)26(33)20-9-13-31(14-10-20)39(34,35)23-6-3-21(28)4-7-23;/h3-8,19-20H,2,9-18H2,1H3;1H. The number of carbonyl (C=O) groups excluding carboxylic acids is 1. The second-order valence-electron chi connectivity index (χ2n) is 9.76. The summed E-state index contributed by atoms with van der Waals surface area (Å²) in [6.07, 6.45) is 1.62. The quantitative estimate of drug-likeness (QED) is 0.360. The molecule has 2 aromatic carbocycles. The van der Waals surface area contributed by atoms with Gasteiger partial charge in [0.25, 0.3) is 0 Å². The average molecular weight is 613 g/mol. The number of rotatable bonds is 9. The monoisotopic (exact) mass is 612 g/mol. The first kappa shape index (κ1) is 30.6. The molecule has 0 saturated carbocycles. The molecule has 0 radical (unpaired) electrons. The molecule has 0 spiro atoms. The van der Waals surface area contributed by atoms with Crippen LogP contribution in [0.5, 0.6) is 5.75 Å². The lowest BCUT2D eigenvalue weighted by molar-refractivity contribution is -0.123. The summed E-state index contributed by atoms with van der Waals surface area (Å²) < 4.78 is 52.5. The molecule has 2 fully saturated rings. The number of sulfonamides is 1. The Bertz CT molecular complexity index is 1390. The molecule has 1 amide bonds. The van der Waals surface area contributed by atoms with E-state index in [-0.39, 0.29) is 42.2 Å². The van der Waals surface area contributed by atoms with E-state index in [2.05, 4.69) is 4.90 Å². The zero-order valence-electron chi connectivity index (χ0n) is 22.3. The van der Waals surface area contributed by atoms with Crippen molar-refractivity contribution < 1.29 is 27.1 Å². The molecular formula is C27H34ClFN4O5S2. The highest BCUT2D eigenvalue weighted by molar-refractivity contribution is 7.89. The van der Waals surface area contributed by atoms with Crippen molar-refractivity contribution in [1.82, 2.24) is 14.2 Å². The number of piperidine rings is 1. The summed E-state index contributed by atoms with van der Waals surface area (Å²) in [5, 5.41) is 0.645. The molecule has 3 aromatic rings. The number of methoxy groups -OCH3 is 1. The van der Waals surface area contributed by atoms with Gasteiger partial charge in [0.2, 0.25) is 15.9 Å². The minimum atomic E-state index is -3.75. The van der Waals surface area contributed by atoms with Crippen LogP contribution < -0.4 is 9.64 Å². The first-order valence-corrected chi connectivity index (χ1v) is 15.4. The Kier molecular flexibility index (Phi) is 10.4. The number of amides is 1. The van der Waals surface area contributed by atoms with E-state index in [0.717, 1.165) is 67.4 Å². The third kappa shape index (κ3) is 6.92. The lowest BCUT2D eigenvalue weighted by Crippen LogP contribution is -2.45. The molecule has 0 aliphatic carbocycles. The number of benzene rings is 2. The van der Waals surface area contributed by atoms with Crippen LogP contribution in [0, 0.1) is 11.7 Å². The summed E-state index contributed by atoms with van der Waals surface area (Å²) >= 11 is 1.46. The summed E-state index contributed by atoms with van der Waals surface area (Å²) in [5.74, 6) is -0.0886. The van der Waals surface area contributed by atoms with Gasteiger partial charge in [0.15, 0.2) is 5.13 Å². The molecule has 218 valence electrons. The predicted molar refractivity (Wildman–Crippen MR) is 156 cm³/mol. The van der Waals surface area contributed by atoms with Crippen molar-refractivity contribution in [1.29, 1.82) is 0 Å². The Hall–Kier alpha value is -2.35. The predicted octanol–water partition coefficient (Wildman–Crippen LogP) is 4.02.